The van der Waals surface area contributed by atoms with Gasteiger partial charge in [0.1, 0.15) is 6.26 Å². The highest BCUT2D eigenvalue weighted by Crippen LogP contribution is 2.15. The third kappa shape index (κ3) is 3.93. The number of hydrogen-bond donors (Lipinski definition) is 0. The molecule has 5 heteroatoms. The summed E-state index contributed by atoms with van der Waals surface area (Å²) in [4.78, 5) is 13.7. The molecule has 5 nitrogen and oxygen atoms in total. The number of rotatable bonds is 5. The molecular formula is C17H24N4O. The second kappa shape index (κ2) is 7.03. The Morgan fingerprint density at radius 1 is 1.14 bits per heavy atom. The van der Waals surface area contributed by atoms with Gasteiger partial charge < -0.3 is 4.42 Å². The van der Waals surface area contributed by atoms with Crippen LogP contribution in [-0.2, 0) is 13.1 Å². The monoisotopic (exact) mass is 300 g/mol. The van der Waals surface area contributed by atoms with E-state index in [4.69, 9.17) is 4.42 Å². The van der Waals surface area contributed by atoms with Gasteiger partial charge in [0.05, 0.1) is 5.69 Å². The molecule has 0 aliphatic carbocycles. The van der Waals surface area contributed by atoms with Gasteiger partial charge in [0.25, 0.3) is 0 Å². The molecule has 118 valence electrons. The van der Waals surface area contributed by atoms with Gasteiger partial charge in [-0.3, -0.25) is 14.8 Å². The predicted octanol–water partition coefficient (Wildman–Crippen LogP) is 2.51. The molecule has 0 spiro atoms. The molecule has 1 aliphatic rings. The van der Waals surface area contributed by atoms with Crippen molar-refractivity contribution in [2.75, 3.05) is 26.2 Å². The molecule has 1 saturated heterocycles. The van der Waals surface area contributed by atoms with Crippen LogP contribution in [0.5, 0.6) is 0 Å². The summed E-state index contributed by atoms with van der Waals surface area (Å²) in [5.74, 6) is 1.19. The Hall–Kier alpha value is -1.72. The zero-order valence-electron chi connectivity index (χ0n) is 13.4. The van der Waals surface area contributed by atoms with Gasteiger partial charge in [0.2, 0.25) is 0 Å². The van der Waals surface area contributed by atoms with Gasteiger partial charge in [-0.15, -0.1) is 0 Å². The predicted molar refractivity (Wildman–Crippen MR) is 85.4 cm³/mol. The summed E-state index contributed by atoms with van der Waals surface area (Å²) >= 11 is 0. The zero-order chi connectivity index (χ0) is 15.4. The van der Waals surface area contributed by atoms with Crippen molar-refractivity contribution in [1.29, 1.82) is 0 Å². The van der Waals surface area contributed by atoms with Crippen molar-refractivity contribution in [1.82, 2.24) is 19.8 Å². The fourth-order valence-electron chi connectivity index (χ4n) is 2.74. The maximum absolute atomic E-state index is 5.51. The van der Waals surface area contributed by atoms with Crippen LogP contribution in [0.25, 0.3) is 0 Å². The summed E-state index contributed by atoms with van der Waals surface area (Å²) in [5.41, 5.74) is 2.33. The first kappa shape index (κ1) is 15.2. The van der Waals surface area contributed by atoms with E-state index in [0.717, 1.165) is 50.9 Å². The van der Waals surface area contributed by atoms with Crippen LogP contribution in [0.2, 0.25) is 0 Å². The number of nitrogens with zero attached hydrogens (tertiary/aromatic N) is 4. The minimum atomic E-state index is 0.352. The van der Waals surface area contributed by atoms with Crippen LogP contribution in [0.3, 0.4) is 0 Å². The van der Waals surface area contributed by atoms with Crippen molar-refractivity contribution in [2.45, 2.75) is 32.9 Å². The Bertz CT molecular complexity index is 573. The normalized spacial score (nSPS) is 17.2. The minimum Gasteiger partial charge on any atom is -0.448 e. The van der Waals surface area contributed by atoms with Crippen LogP contribution in [0.15, 0.2) is 35.2 Å². The zero-order valence-corrected chi connectivity index (χ0v) is 13.4. The average molecular weight is 300 g/mol. The van der Waals surface area contributed by atoms with E-state index in [1.165, 1.54) is 5.56 Å². The Labute approximate surface area is 132 Å². The Kier molecular flexibility index (Phi) is 4.85. The lowest BCUT2D eigenvalue weighted by Gasteiger charge is -2.34. The second-order valence-corrected chi connectivity index (χ2v) is 6.25. The van der Waals surface area contributed by atoms with E-state index in [-0.39, 0.29) is 0 Å². The molecule has 0 radical (unpaired) electrons. The molecule has 2 aromatic heterocycles. The van der Waals surface area contributed by atoms with Crippen LogP contribution in [0.1, 0.15) is 36.9 Å². The maximum Gasteiger partial charge on any atom is 0.196 e. The van der Waals surface area contributed by atoms with Crippen LogP contribution in [0.4, 0.5) is 0 Å². The van der Waals surface area contributed by atoms with Crippen molar-refractivity contribution in [3.63, 3.8) is 0 Å². The van der Waals surface area contributed by atoms with Gasteiger partial charge in [-0.1, -0.05) is 19.9 Å². The highest BCUT2D eigenvalue weighted by Gasteiger charge is 2.18. The molecule has 3 rings (SSSR count). The third-order valence-electron chi connectivity index (χ3n) is 4.04. The lowest BCUT2D eigenvalue weighted by atomic mass is 10.2. The van der Waals surface area contributed by atoms with Crippen LogP contribution < -0.4 is 0 Å². The minimum absolute atomic E-state index is 0.352. The van der Waals surface area contributed by atoms with Crippen LogP contribution >= 0.6 is 0 Å². The largest absolute Gasteiger partial charge is 0.448 e. The quantitative estimate of drug-likeness (QED) is 0.849. The van der Waals surface area contributed by atoms with E-state index >= 15 is 0 Å². The fraction of sp³-hybridized carbons (Fsp3) is 0.529. The molecule has 0 aromatic carbocycles. The molecule has 3 heterocycles. The maximum atomic E-state index is 5.51. The highest BCUT2D eigenvalue weighted by atomic mass is 16.3. The number of pyridine rings is 1. The molecule has 0 N–H and O–H groups in total. The number of oxazole rings is 1. The second-order valence-electron chi connectivity index (χ2n) is 6.25. The van der Waals surface area contributed by atoms with Crippen LogP contribution in [0, 0.1) is 0 Å². The number of piperazine rings is 1. The lowest BCUT2D eigenvalue weighted by Crippen LogP contribution is -2.45. The lowest BCUT2D eigenvalue weighted by molar-refractivity contribution is 0.121. The van der Waals surface area contributed by atoms with Crippen molar-refractivity contribution < 1.29 is 4.42 Å². The highest BCUT2D eigenvalue weighted by molar-refractivity contribution is 5.08. The summed E-state index contributed by atoms with van der Waals surface area (Å²) < 4.78 is 5.51. The standard InChI is InChI=1S/C17H24N4O/c1-14(2)17-19-16(13-22-17)12-21-8-6-20(7-9-21)11-15-4-3-5-18-10-15/h3-5,10,13-14H,6-9,11-12H2,1-2H3. The van der Waals surface area contributed by atoms with Crippen molar-refractivity contribution in [2.24, 2.45) is 0 Å². The molecule has 0 saturated carbocycles. The first-order valence-corrected chi connectivity index (χ1v) is 7.98. The molecule has 0 amide bonds. The molecule has 1 aliphatic heterocycles. The topological polar surface area (TPSA) is 45.4 Å². The fourth-order valence-corrected chi connectivity index (χ4v) is 2.74. The molecule has 2 aromatic rings. The van der Waals surface area contributed by atoms with E-state index < -0.39 is 0 Å². The van der Waals surface area contributed by atoms with Crippen molar-refractivity contribution in [3.05, 3.63) is 47.9 Å². The summed E-state index contributed by atoms with van der Waals surface area (Å²) in [6, 6.07) is 4.14. The molecule has 22 heavy (non-hydrogen) atoms. The van der Waals surface area contributed by atoms with E-state index in [2.05, 4.69) is 39.7 Å². The van der Waals surface area contributed by atoms with Crippen LogP contribution in [-0.4, -0.2) is 45.9 Å². The first-order chi connectivity index (χ1) is 10.7. The summed E-state index contributed by atoms with van der Waals surface area (Å²) in [5, 5.41) is 0. The summed E-state index contributed by atoms with van der Waals surface area (Å²) in [7, 11) is 0. The smallest absolute Gasteiger partial charge is 0.196 e. The van der Waals surface area contributed by atoms with Gasteiger partial charge in [0.15, 0.2) is 5.89 Å². The summed E-state index contributed by atoms with van der Waals surface area (Å²) in [6.07, 6.45) is 5.58. The van der Waals surface area contributed by atoms with Crippen molar-refractivity contribution >= 4 is 0 Å². The van der Waals surface area contributed by atoms with Crippen molar-refractivity contribution in [3.8, 4) is 0 Å². The molecule has 0 unspecified atom stereocenters. The Morgan fingerprint density at radius 2 is 1.86 bits per heavy atom. The van der Waals surface area contributed by atoms with Gasteiger partial charge in [0, 0.05) is 57.6 Å². The van der Waals surface area contributed by atoms with E-state index in [1.807, 2.05) is 18.5 Å². The molecule has 0 atom stereocenters. The number of aromatic nitrogens is 2. The first-order valence-electron chi connectivity index (χ1n) is 7.98. The van der Waals surface area contributed by atoms with E-state index in [0.29, 0.717) is 5.92 Å². The van der Waals surface area contributed by atoms with Gasteiger partial charge >= 0.3 is 0 Å². The van der Waals surface area contributed by atoms with E-state index in [9.17, 15) is 0 Å². The number of hydrogen-bond acceptors (Lipinski definition) is 5. The SMILES string of the molecule is CC(C)c1nc(CN2CCN(Cc3cccnc3)CC2)co1. The Balaban J connectivity index is 1.47. The molecular weight excluding hydrogens is 276 g/mol. The van der Waals surface area contributed by atoms with Gasteiger partial charge in [-0.2, -0.15) is 0 Å². The van der Waals surface area contributed by atoms with E-state index in [1.54, 1.807) is 6.26 Å². The Morgan fingerprint density at radius 3 is 2.45 bits per heavy atom. The summed E-state index contributed by atoms with van der Waals surface area (Å²) in [6.45, 7) is 10.4. The van der Waals surface area contributed by atoms with Gasteiger partial charge in [-0.25, -0.2) is 4.98 Å². The molecule has 1 fully saturated rings. The third-order valence-corrected chi connectivity index (χ3v) is 4.04. The molecule has 0 bridgehead atoms. The average Bonchev–Trinajstić information content (AvgIpc) is 2.99. The van der Waals surface area contributed by atoms with Gasteiger partial charge in [-0.05, 0) is 11.6 Å².